The molecule has 0 bridgehead atoms. The number of carboxylic acid groups (broad SMARTS) is 1. The van der Waals surface area contributed by atoms with E-state index in [2.05, 4.69) is 27.0 Å². The highest BCUT2D eigenvalue weighted by molar-refractivity contribution is 9.10. The number of nitrogens with one attached hydrogen (secondary N) is 1. The third-order valence-corrected chi connectivity index (χ3v) is 4.46. The average molecular weight is 308 g/mol. The van der Waals surface area contributed by atoms with Gasteiger partial charge in [-0.1, -0.05) is 12.1 Å². The van der Waals surface area contributed by atoms with Gasteiger partial charge in [0.25, 0.3) is 0 Å². The van der Waals surface area contributed by atoms with E-state index in [0.717, 1.165) is 29.3 Å². The number of rotatable bonds is 4. The molecule has 18 heavy (non-hydrogen) atoms. The summed E-state index contributed by atoms with van der Waals surface area (Å²) in [5.74, 6) is -0.687. The van der Waals surface area contributed by atoms with E-state index in [1.54, 1.807) is 0 Å². The summed E-state index contributed by atoms with van der Waals surface area (Å²) in [6.45, 7) is 0. The number of aromatic nitrogens is 1. The van der Waals surface area contributed by atoms with E-state index in [4.69, 9.17) is 5.11 Å². The number of carboxylic acids is 1. The van der Waals surface area contributed by atoms with Gasteiger partial charge in [-0.15, -0.1) is 0 Å². The molecular formula is C14H14BrNO2. The Balaban J connectivity index is 1.92. The zero-order valence-corrected chi connectivity index (χ0v) is 11.5. The molecule has 0 spiro atoms. The third kappa shape index (κ3) is 2.05. The molecular weight excluding hydrogens is 294 g/mol. The van der Waals surface area contributed by atoms with Gasteiger partial charge in [-0.25, -0.2) is 0 Å². The Hall–Kier alpha value is -1.29. The molecule has 0 atom stereocenters. The van der Waals surface area contributed by atoms with E-state index in [9.17, 15) is 4.79 Å². The monoisotopic (exact) mass is 307 g/mol. The number of benzene rings is 1. The number of carbonyl (C=O) groups is 1. The summed E-state index contributed by atoms with van der Waals surface area (Å²) in [6.07, 6.45) is 5.21. The van der Waals surface area contributed by atoms with E-state index in [1.165, 1.54) is 10.9 Å². The Bertz CT molecular complexity index is 613. The van der Waals surface area contributed by atoms with E-state index in [1.807, 2.05) is 18.3 Å². The molecule has 0 saturated heterocycles. The SMILES string of the molecule is O=C(O)CC1(Cc2c[nH]c3c(Br)cccc23)CC1. The lowest BCUT2D eigenvalue weighted by molar-refractivity contribution is -0.138. The van der Waals surface area contributed by atoms with Crippen molar-refractivity contribution >= 4 is 32.8 Å². The normalized spacial score (nSPS) is 16.9. The molecule has 1 fully saturated rings. The quantitative estimate of drug-likeness (QED) is 0.904. The zero-order valence-electron chi connectivity index (χ0n) is 9.87. The van der Waals surface area contributed by atoms with Crippen LogP contribution in [0.5, 0.6) is 0 Å². The molecule has 4 heteroatoms. The maximum Gasteiger partial charge on any atom is 0.303 e. The van der Waals surface area contributed by atoms with Gasteiger partial charge in [-0.05, 0) is 52.2 Å². The van der Waals surface area contributed by atoms with E-state index in [-0.39, 0.29) is 11.8 Å². The number of aromatic amines is 1. The molecule has 1 aromatic carbocycles. The van der Waals surface area contributed by atoms with Crippen LogP contribution in [0.4, 0.5) is 0 Å². The van der Waals surface area contributed by atoms with Crippen LogP contribution in [-0.2, 0) is 11.2 Å². The van der Waals surface area contributed by atoms with Crippen LogP contribution < -0.4 is 0 Å². The Labute approximate surface area is 113 Å². The predicted octanol–water partition coefficient (Wildman–Crippen LogP) is 3.73. The highest BCUT2D eigenvalue weighted by atomic mass is 79.9. The van der Waals surface area contributed by atoms with Gasteiger partial charge < -0.3 is 10.1 Å². The number of fused-ring (bicyclic) bond motifs is 1. The second kappa shape index (κ2) is 4.12. The Morgan fingerprint density at radius 3 is 2.89 bits per heavy atom. The molecule has 94 valence electrons. The lowest BCUT2D eigenvalue weighted by atomic mass is 9.93. The maximum atomic E-state index is 10.9. The largest absolute Gasteiger partial charge is 0.481 e. The van der Waals surface area contributed by atoms with Crippen molar-refractivity contribution in [2.24, 2.45) is 5.41 Å². The molecule has 1 aliphatic carbocycles. The lowest BCUT2D eigenvalue weighted by Crippen LogP contribution is -2.11. The number of aliphatic carboxylic acids is 1. The van der Waals surface area contributed by atoms with E-state index < -0.39 is 5.97 Å². The van der Waals surface area contributed by atoms with Crippen molar-refractivity contribution in [2.75, 3.05) is 0 Å². The van der Waals surface area contributed by atoms with Crippen molar-refractivity contribution in [2.45, 2.75) is 25.7 Å². The first-order chi connectivity index (χ1) is 8.60. The summed E-state index contributed by atoms with van der Waals surface area (Å²) in [5.41, 5.74) is 2.33. The Morgan fingerprint density at radius 1 is 1.44 bits per heavy atom. The highest BCUT2D eigenvalue weighted by Gasteiger charge is 2.44. The van der Waals surface area contributed by atoms with Crippen LogP contribution in [0.1, 0.15) is 24.8 Å². The van der Waals surface area contributed by atoms with Gasteiger partial charge in [0.1, 0.15) is 0 Å². The van der Waals surface area contributed by atoms with Gasteiger partial charge in [0.05, 0.1) is 11.9 Å². The smallest absolute Gasteiger partial charge is 0.303 e. The van der Waals surface area contributed by atoms with E-state index >= 15 is 0 Å². The molecule has 0 amide bonds. The minimum absolute atomic E-state index is 0.00325. The summed E-state index contributed by atoms with van der Waals surface area (Å²) in [4.78, 5) is 14.2. The van der Waals surface area contributed by atoms with Crippen molar-refractivity contribution in [1.82, 2.24) is 4.98 Å². The number of hydrogen-bond donors (Lipinski definition) is 2. The zero-order chi connectivity index (χ0) is 12.8. The standard InChI is InChI=1S/C14H14BrNO2/c15-11-3-1-2-10-9(8-16-13(10)11)6-14(4-5-14)7-12(17)18/h1-3,8,16H,4-7H2,(H,17,18). The number of hydrogen-bond acceptors (Lipinski definition) is 1. The molecule has 1 aliphatic rings. The molecule has 0 unspecified atom stereocenters. The average Bonchev–Trinajstić information content (AvgIpc) is 2.91. The van der Waals surface area contributed by atoms with Crippen LogP contribution in [0.3, 0.4) is 0 Å². The van der Waals surface area contributed by atoms with Crippen molar-refractivity contribution in [3.63, 3.8) is 0 Å². The minimum atomic E-state index is -0.687. The summed E-state index contributed by atoms with van der Waals surface area (Å²) in [7, 11) is 0. The number of para-hydroxylation sites is 1. The highest BCUT2D eigenvalue weighted by Crippen LogP contribution is 2.52. The molecule has 1 saturated carbocycles. The fourth-order valence-corrected chi connectivity index (χ4v) is 3.12. The maximum absolute atomic E-state index is 10.9. The first kappa shape index (κ1) is 11.8. The van der Waals surface area contributed by atoms with Crippen LogP contribution in [0.15, 0.2) is 28.9 Å². The first-order valence-electron chi connectivity index (χ1n) is 6.06. The fraction of sp³-hybridized carbons (Fsp3) is 0.357. The minimum Gasteiger partial charge on any atom is -0.481 e. The Kier molecular flexibility index (Phi) is 2.70. The predicted molar refractivity (Wildman–Crippen MR) is 73.6 cm³/mol. The number of halogens is 1. The van der Waals surface area contributed by atoms with Crippen LogP contribution in [0.2, 0.25) is 0 Å². The van der Waals surface area contributed by atoms with Crippen LogP contribution in [-0.4, -0.2) is 16.1 Å². The van der Waals surface area contributed by atoms with Gasteiger partial charge in [0, 0.05) is 16.1 Å². The van der Waals surface area contributed by atoms with Crippen molar-refractivity contribution in [3.05, 3.63) is 34.4 Å². The van der Waals surface area contributed by atoms with Crippen LogP contribution >= 0.6 is 15.9 Å². The van der Waals surface area contributed by atoms with Crippen LogP contribution in [0, 0.1) is 5.41 Å². The molecule has 0 aliphatic heterocycles. The molecule has 0 radical (unpaired) electrons. The topological polar surface area (TPSA) is 53.1 Å². The van der Waals surface area contributed by atoms with Crippen molar-refractivity contribution in [3.8, 4) is 0 Å². The molecule has 3 rings (SSSR count). The molecule has 3 nitrogen and oxygen atoms in total. The third-order valence-electron chi connectivity index (χ3n) is 3.80. The second-order valence-electron chi connectivity index (χ2n) is 5.22. The summed E-state index contributed by atoms with van der Waals surface area (Å²) >= 11 is 3.52. The molecule has 1 aromatic heterocycles. The summed E-state index contributed by atoms with van der Waals surface area (Å²) in [6, 6.07) is 6.11. The Morgan fingerprint density at radius 2 is 2.22 bits per heavy atom. The fourth-order valence-electron chi connectivity index (χ4n) is 2.64. The van der Waals surface area contributed by atoms with Gasteiger partial charge in [0.2, 0.25) is 0 Å². The van der Waals surface area contributed by atoms with Crippen LogP contribution in [0.25, 0.3) is 10.9 Å². The number of H-pyrrole nitrogens is 1. The second-order valence-corrected chi connectivity index (χ2v) is 6.08. The van der Waals surface area contributed by atoms with Crippen molar-refractivity contribution in [1.29, 1.82) is 0 Å². The van der Waals surface area contributed by atoms with Crippen molar-refractivity contribution < 1.29 is 9.90 Å². The summed E-state index contributed by atoms with van der Waals surface area (Å²) in [5, 5.41) is 10.2. The first-order valence-corrected chi connectivity index (χ1v) is 6.85. The van der Waals surface area contributed by atoms with Gasteiger partial charge in [-0.2, -0.15) is 0 Å². The van der Waals surface area contributed by atoms with Gasteiger partial charge in [0.15, 0.2) is 0 Å². The lowest BCUT2D eigenvalue weighted by Gasteiger charge is -2.11. The molecule has 1 heterocycles. The van der Waals surface area contributed by atoms with Gasteiger partial charge >= 0.3 is 5.97 Å². The molecule has 2 N–H and O–H groups in total. The van der Waals surface area contributed by atoms with Gasteiger partial charge in [-0.3, -0.25) is 4.79 Å². The molecule has 2 aromatic rings. The van der Waals surface area contributed by atoms with E-state index in [0.29, 0.717) is 0 Å². The summed E-state index contributed by atoms with van der Waals surface area (Å²) < 4.78 is 1.05.